The Labute approximate surface area is 206 Å². The van der Waals surface area contributed by atoms with Crippen LogP contribution in [0.25, 0.3) is 0 Å². The van der Waals surface area contributed by atoms with Gasteiger partial charge in [0.1, 0.15) is 36.6 Å². The van der Waals surface area contributed by atoms with Gasteiger partial charge in [0.25, 0.3) is 0 Å². The zero-order valence-corrected chi connectivity index (χ0v) is 21.8. The van der Waals surface area contributed by atoms with Crippen molar-refractivity contribution in [2.24, 2.45) is 0 Å². The van der Waals surface area contributed by atoms with E-state index in [9.17, 15) is 51.9 Å². The predicted octanol–water partition coefficient (Wildman–Crippen LogP) is -4.47. The molecule has 1 aliphatic carbocycles. The quantitative estimate of drug-likeness (QED) is 0.0756. The van der Waals surface area contributed by atoms with Crippen molar-refractivity contribution in [2.45, 2.75) is 36.6 Å². The van der Waals surface area contributed by atoms with E-state index >= 15 is 0 Å². The van der Waals surface area contributed by atoms with E-state index in [1.54, 1.807) is 0 Å². The molecule has 6 atom stereocenters. The van der Waals surface area contributed by atoms with Crippen molar-refractivity contribution in [3.05, 3.63) is 0 Å². The fourth-order valence-electron chi connectivity index (χ4n) is 2.65. The van der Waals surface area contributed by atoms with E-state index in [2.05, 4.69) is 37.2 Å². The first-order valence-corrected chi connectivity index (χ1v) is 17.0. The molecule has 1 aliphatic rings. The SMILES string of the molecule is O=S(=O)(O)OC1[C@@H](OS(=O)(=O)O)[C@H](OS(=O)(=O)O)C(OP(O)(O)=S)[C@H](OS(=O)(=O)O)[C@H]1OS(=O)(=O)O. The first-order valence-electron chi connectivity index (χ1n) is 7.59. The van der Waals surface area contributed by atoms with Gasteiger partial charge >= 0.3 is 58.7 Å². The average Bonchev–Trinajstić information content (AvgIpc) is 2.51. The van der Waals surface area contributed by atoms with Gasteiger partial charge in [0.05, 0.1) is 0 Å². The Bertz CT molecular complexity index is 1300. The van der Waals surface area contributed by atoms with Gasteiger partial charge in [0.2, 0.25) is 0 Å². The minimum absolute atomic E-state index is 3.12. The molecule has 0 aliphatic heterocycles. The summed E-state index contributed by atoms with van der Waals surface area (Å²) in [7, 11) is -29.8. The molecule has 7 N–H and O–H groups in total. The van der Waals surface area contributed by atoms with Gasteiger partial charge in [-0.3, -0.25) is 27.3 Å². The van der Waals surface area contributed by atoms with E-state index in [1.165, 1.54) is 0 Å². The smallest absolute Gasteiger partial charge is 0.325 e. The lowest BCUT2D eigenvalue weighted by molar-refractivity contribution is -0.186. The van der Waals surface area contributed by atoms with Crippen LogP contribution in [-0.4, -0.2) is 111 Å². The van der Waals surface area contributed by atoms with Gasteiger partial charge in [-0.05, 0) is 11.8 Å². The van der Waals surface area contributed by atoms with Gasteiger partial charge in [-0.2, -0.15) is 42.1 Å². The second-order valence-electron chi connectivity index (χ2n) is 6.00. The van der Waals surface area contributed by atoms with Crippen LogP contribution in [0.4, 0.5) is 0 Å². The summed E-state index contributed by atoms with van der Waals surface area (Å²) in [6, 6.07) is 0. The van der Waals surface area contributed by atoms with Gasteiger partial charge in [-0.1, -0.05) is 0 Å². The van der Waals surface area contributed by atoms with Crippen LogP contribution in [0, 0.1) is 0 Å². The highest BCUT2D eigenvalue weighted by Crippen LogP contribution is 2.45. The summed E-state index contributed by atoms with van der Waals surface area (Å²) in [6.07, 6.45) is -19.4. The van der Waals surface area contributed by atoms with Crippen LogP contribution in [0.2, 0.25) is 0 Å². The first kappa shape index (κ1) is 33.9. The molecule has 2 unspecified atom stereocenters. The third kappa shape index (κ3) is 12.6. The molecular formula is C6H13O23PS6. The Kier molecular flexibility index (Phi) is 10.5. The summed E-state index contributed by atoms with van der Waals surface area (Å²) >= 11 is 4.05. The van der Waals surface area contributed by atoms with Crippen LogP contribution in [0.5, 0.6) is 0 Å². The molecular weight excluding hydrogens is 663 g/mol. The van der Waals surface area contributed by atoms with Gasteiger partial charge < -0.3 is 9.79 Å². The summed E-state index contributed by atoms with van der Waals surface area (Å²) in [6.45, 7) is -5.28. The molecule has 0 aromatic heterocycles. The van der Waals surface area contributed by atoms with Crippen molar-refractivity contribution in [1.29, 1.82) is 0 Å². The second-order valence-corrected chi connectivity index (χ2v) is 13.9. The van der Waals surface area contributed by atoms with Gasteiger partial charge in [0.15, 0.2) is 0 Å². The lowest BCUT2D eigenvalue weighted by Gasteiger charge is -2.46. The molecule has 0 amide bonds. The summed E-state index contributed by atoms with van der Waals surface area (Å²) < 4.78 is 182. The molecule has 0 radical (unpaired) electrons. The van der Waals surface area contributed by atoms with E-state index in [1.807, 2.05) is 0 Å². The molecule has 0 aromatic rings. The molecule has 216 valence electrons. The molecule has 23 nitrogen and oxygen atoms in total. The van der Waals surface area contributed by atoms with Crippen LogP contribution in [0.3, 0.4) is 0 Å². The molecule has 0 heterocycles. The monoisotopic (exact) mass is 676 g/mol. The number of hydrogen-bond acceptors (Lipinski definition) is 17. The van der Waals surface area contributed by atoms with E-state index in [4.69, 9.17) is 22.8 Å². The Morgan fingerprint density at radius 3 is 0.750 bits per heavy atom. The van der Waals surface area contributed by atoms with Gasteiger partial charge in [-0.25, -0.2) is 20.9 Å². The van der Waals surface area contributed by atoms with Crippen molar-refractivity contribution in [1.82, 2.24) is 0 Å². The maximum absolute atomic E-state index is 11.3. The zero-order chi connectivity index (χ0) is 28.7. The van der Waals surface area contributed by atoms with Crippen molar-refractivity contribution >= 4 is 70.5 Å². The number of hydrogen-bond donors (Lipinski definition) is 7. The topological polar surface area (TPSA) is 368 Å². The molecule has 0 aromatic carbocycles. The molecule has 0 spiro atoms. The standard InChI is InChI=1S/C6H13O23PS6/c7-30(8,31)24-1-2(25-32(9,10)11)4(27-34(15,16)17)6(29-36(21,22)23)5(28-35(18,19)20)3(1)26-33(12,13)14/h1-6H,(H2,7,8,31)(H,9,10,11)(H,12,13,14)(H,15,16,17)(H,18,19,20)(H,21,22,23)/t1?,2-,3+,4+,5-,6?. The molecule has 1 rings (SSSR count). The Hall–Kier alpha value is -0.120. The van der Waals surface area contributed by atoms with Crippen LogP contribution >= 0.6 is 6.72 Å². The van der Waals surface area contributed by atoms with E-state index < -0.39 is 95.3 Å². The van der Waals surface area contributed by atoms with Crippen LogP contribution < -0.4 is 0 Å². The van der Waals surface area contributed by atoms with E-state index in [0.717, 1.165) is 0 Å². The lowest BCUT2D eigenvalue weighted by atomic mass is 9.85. The second kappa shape index (κ2) is 11.2. The van der Waals surface area contributed by atoms with Crippen molar-refractivity contribution in [3.8, 4) is 0 Å². The van der Waals surface area contributed by atoms with Crippen LogP contribution in [0.15, 0.2) is 0 Å². The summed E-state index contributed by atoms with van der Waals surface area (Å²) in [4.78, 5) is 18.9. The van der Waals surface area contributed by atoms with Crippen LogP contribution in [-0.2, 0) is 89.2 Å². The molecule has 30 heteroatoms. The van der Waals surface area contributed by atoms with Crippen LogP contribution in [0.1, 0.15) is 0 Å². The van der Waals surface area contributed by atoms with E-state index in [0.29, 0.717) is 0 Å². The summed E-state index contributed by atoms with van der Waals surface area (Å²) in [5.74, 6) is 0. The van der Waals surface area contributed by atoms with Gasteiger partial charge in [0, 0.05) is 0 Å². The van der Waals surface area contributed by atoms with Gasteiger partial charge in [-0.15, -0.1) is 0 Å². The largest absolute Gasteiger partial charge is 0.397 e. The normalized spacial score (nSPS) is 29.2. The molecule has 0 bridgehead atoms. The average molecular weight is 677 g/mol. The molecule has 36 heavy (non-hydrogen) atoms. The minimum atomic E-state index is -5.99. The lowest BCUT2D eigenvalue weighted by Crippen LogP contribution is -2.68. The molecule has 1 saturated carbocycles. The number of rotatable bonds is 12. The predicted molar refractivity (Wildman–Crippen MR) is 106 cm³/mol. The highest BCUT2D eigenvalue weighted by Gasteiger charge is 2.61. The minimum Gasteiger partial charge on any atom is -0.325 e. The first-order chi connectivity index (χ1) is 15.6. The fraction of sp³-hybridized carbons (Fsp3) is 1.00. The summed E-state index contributed by atoms with van der Waals surface area (Å²) in [5, 5.41) is 0. The van der Waals surface area contributed by atoms with Crippen molar-refractivity contribution < 1.29 is 100 Å². The third-order valence-electron chi connectivity index (χ3n) is 3.37. The Morgan fingerprint density at radius 2 is 0.611 bits per heavy atom. The van der Waals surface area contributed by atoms with Crippen molar-refractivity contribution in [2.75, 3.05) is 0 Å². The fourth-order valence-corrected chi connectivity index (χ4v) is 6.00. The Morgan fingerprint density at radius 1 is 0.444 bits per heavy atom. The molecule has 0 saturated heterocycles. The van der Waals surface area contributed by atoms with E-state index in [-0.39, 0.29) is 0 Å². The highest BCUT2D eigenvalue weighted by atomic mass is 32.5. The third-order valence-corrected chi connectivity index (χ3v) is 6.47. The highest BCUT2D eigenvalue weighted by molar-refractivity contribution is 8.06. The van der Waals surface area contributed by atoms with Crippen molar-refractivity contribution in [3.63, 3.8) is 0 Å². The molecule has 1 fully saturated rings. The summed E-state index contributed by atoms with van der Waals surface area (Å²) in [5.41, 5.74) is 0. The maximum atomic E-state index is 11.3. The zero-order valence-electron chi connectivity index (χ0n) is 16.0. The Balaban J connectivity index is 4.13. The maximum Gasteiger partial charge on any atom is 0.397 e.